The van der Waals surface area contributed by atoms with Gasteiger partial charge in [-0.15, -0.1) is 21.5 Å². The lowest BCUT2D eigenvalue weighted by atomic mass is 10.4. The van der Waals surface area contributed by atoms with E-state index in [1.54, 1.807) is 11.3 Å². The Hall–Kier alpha value is -1.58. The summed E-state index contributed by atoms with van der Waals surface area (Å²) in [6.07, 6.45) is 0.820. The number of hydrogen-bond acceptors (Lipinski definition) is 8. The molecule has 3 aromatic rings. The summed E-state index contributed by atoms with van der Waals surface area (Å²) in [6, 6.07) is 1.90. The van der Waals surface area contributed by atoms with E-state index in [2.05, 4.69) is 39.2 Å². The number of carbonyl (C=O) groups excluding carboxylic acids is 1. The van der Waals surface area contributed by atoms with Crippen molar-refractivity contribution >= 4 is 59.7 Å². The molecule has 0 radical (unpaired) electrons. The monoisotopic (exact) mass is 367 g/mol. The van der Waals surface area contributed by atoms with Gasteiger partial charge in [-0.25, -0.2) is 4.98 Å². The number of carbonyl (C=O) groups is 1. The van der Waals surface area contributed by atoms with Gasteiger partial charge in [0.25, 0.3) is 5.91 Å². The Kier molecular flexibility index (Phi) is 4.88. The highest BCUT2D eigenvalue weighted by Crippen LogP contribution is 2.34. The molecule has 0 aromatic carbocycles. The second-order valence-corrected chi connectivity index (χ2v) is 7.86. The third-order valence-corrected chi connectivity index (χ3v) is 6.53. The molecule has 0 aliphatic rings. The van der Waals surface area contributed by atoms with Gasteiger partial charge < -0.3 is 4.90 Å². The van der Waals surface area contributed by atoms with Gasteiger partial charge in [-0.1, -0.05) is 29.6 Å². The minimum absolute atomic E-state index is 0.150. The maximum Gasteiger partial charge on any atom is 0.267 e. The van der Waals surface area contributed by atoms with Gasteiger partial charge in [0.15, 0.2) is 5.13 Å². The third kappa shape index (κ3) is 3.36. The van der Waals surface area contributed by atoms with Gasteiger partial charge >= 0.3 is 0 Å². The molecule has 3 rings (SSSR count). The summed E-state index contributed by atoms with van der Waals surface area (Å²) >= 11 is 4.45. The highest BCUT2D eigenvalue weighted by molar-refractivity contribution is 7.29. The summed E-state index contributed by atoms with van der Waals surface area (Å²) in [5.74, 6) is -0.150. The molecule has 3 aromatic heterocycles. The number of aromatic nitrogens is 3. The smallest absolute Gasteiger partial charge is 0.267 e. The lowest BCUT2D eigenvalue weighted by Crippen LogP contribution is -2.21. The van der Waals surface area contributed by atoms with Gasteiger partial charge in [0.1, 0.15) is 9.84 Å². The summed E-state index contributed by atoms with van der Waals surface area (Å²) in [5, 5.41) is 13.3. The van der Waals surface area contributed by atoms with Crippen molar-refractivity contribution in [3.8, 4) is 0 Å². The molecule has 0 fully saturated rings. The summed E-state index contributed by atoms with van der Waals surface area (Å²) in [5.41, 5.74) is 0. The second kappa shape index (κ2) is 6.90. The molecule has 0 unspecified atom stereocenters. The van der Waals surface area contributed by atoms with E-state index in [1.165, 1.54) is 22.7 Å². The van der Waals surface area contributed by atoms with E-state index < -0.39 is 0 Å². The molecule has 0 spiro atoms. The van der Waals surface area contributed by atoms with Crippen LogP contribution in [-0.4, -0.2) is 34.2 Å². The molecule has 0 saturated carbocycles. The van der Waals surface area contributed by atoms with E-state index in [9.17, 15) is 4.79 Å². The van der Waals surface area contributed by atoms with Gasteiger partial charge in [0, 0.05) is 13.1 Å². The number of rotatable bonds is 6. The van der Waals surface area contributed by atoms with Crippen LogP contribution >= 0.6 is 34.0 Å². The van der Waals surface area contributed by atoms with Crippen LogP contribution < -0.4 is 10.2 Å². The number of thiophene rings is 1. The number of fused-ring (bicyclic) bond motifs is 1. The maximum absolute atomic E-state index is 12.3. The molecule has 9 heteroatoms. The molecule has 0 aliphatic heterocycles. The minimum Gasteiger partial charge on any atom is -0.349 e. The standard InChI is InChI=1S/C14H17N5OS3/c1-4-10-17-18-13(23-10)15-11(20)8-7-9-12(21-8)16-14(22-9)19(5-2)6-3/h7H,4-6H2,1-3H3,(H,15,18,20). The van der Waals surface area contributed by atoms with Gasteiger partial charge in [0.05, 0.1) is 9.58 Å². The summed E-state index contributed by atoms with van der Waals surface area (Å²) in [6.45, 7) is 8.11. The predicted molar refractivity (Wildman–Crippen MR) is 98.3 cm³/mol. The molecule has 0 atom stereocenters. The average Bonchev–Trinajstić information content (AvgIpc) is 3.22. The van der Waals surface area contributed by atoms with E-state index >= 15 is 0 Å². The Labute approximate surface area is 146 Å². The van der Waals surface area contributed by atoms with E-state index in [-0.39, 0.29) is 5.91 Å². The van der Waals surface area contributed by atoms with E-state index in [1.807, 2.05) is 13.0 Å². The quantitative estimate of drug-likeness (QED) is 0.716. The Morgan fingerprint density at radius 1 is 1.17 bits per heavy atom. The molecular formula is C14H17N5OS3. The molecule has 0 aliphatic carbocycles. The molecule has 1 amide bonds. The second-order valence-electron chi connectivity index (χ2n) is 4.76. The van der Waals surface area contributed by atoms with Crippen LogP contribution in [0, 0.1) is 0 Å². The van der Waals surface area contributed by atoms with Gasteiger partial charge in [-0.3, -0.25) is 10.1 Å². The number of thiazole rings is 1. The zero-order valence-electron chi connectivity index (χ0n) is 13.1. The fraction of sp³-hybridized carbons (Fsp3) is 0.429. The highest BCUT2D eigenvalue weighted by Gasteiger charge is 2.17. The minimum atomic E-state index is -0.150. The highest BCUT2D eigenvalue weighted by atomic mass is 32.1. The average molecular weight is 368 g/mol. The molecule has 0 saturated heterocycles. The largest absolute Gasteiger partial charge is 0.349 e. The first-order chi connectivity index (χ1) is 11.1. The van der Waals surface area contributed by atoms with Gasteiger partial charge in [-0.05, 0) is 26.3 Å². The molecule has 0 bridgehead atoms. The molecule has 122 valence electrons. The van der Waals surface area contributed by atoms with Crippen molar-refractivity contribution in [1.29, 1.82) is 0 Å². The lowest BCUT2D eigenvalue weighted by molar-refractivity contribution is 0.103. The Bertz CT molecular complexity index is 786. The SMILES string of the molecule is CCc1nnc(NC(=O)c2cc3sc(N(CC)CC)nc3s2)s1. The van der Waals surface area contributed by atoms with Crippen molar-refractivity contribution in [2.75, 3.05) is 23.3 Å². The van der Waals surface area contributed by atoms with Crippen molar-refractivity contribution in [2.24, 2.45) is 0 Å². The van der Waals surface area contributed by atoms with Crippen molar-refractivity contribution < 1.29 is 4.79 Å². The number of nitrogens with zero attached hydrogens (tertiary/aromatic N) is 4. The van der Waals surface area contributed by atoms with Crippen LogP contribution in [0.25, 0.3) is 9.53 Å². The van der Waals surface area contributed by atoms with Crippen LogP contribution in [-0.2, 0) is 6.42 Å². The molecule has 23 heavy (non-hydrogen) atoms. The van der Waals surface area contributed by atoms with Gasteiger partial charge in [-0.2, -0.15) is 0 Å². The molecule has 3 heterocycles. The van der Waals surface area contributed by atoms with Crippen LogP contribution in [0.5, 0.6) is 0 Å². The van der Waals surface area contributed by atoms with Crippen LogP contribution in [0.15, 0.2) is 6.07 Å². The van der Waals surface area contributed by atoms with E-state index in [4.69, 9.17) is 0 Å². The van der Waals surface area contributed by atoms with E-state index in [0.29, 0.717) is 10.0 Å². The zero-order chi connectivity index (χ0) is 16.4. The number of nitrogens with one attached hydrogen (secondary N) is 1. The molecular weight excluding hydrogens is 350 g/mol. The number of hydrogen-bond donors (Lipinski definition) is 1. The molecule has 1 N–H and O–H groups in total. The summed E-state index contributed by atoms with van der Waals surface area (Å²) in [7, 11) is 0. The first-order valence-electron chi connectivity index (χ1n) is 7.43. The van der Waals surface area contributed by atoms with Crippen molar-refractivity contribution in [3.63, 3.8) is 0 Å². The van der Waals surface area contributed by atoms with Crippen LogP contribution in [0.4, 0.5) is 10.3 Å². The first kappa shape index (κ1) is 16.3. The number of aryl methyl sites for hydroxylation is 1. The van der Waals surface area contributed by atoms with Crippen molar-refractivity contribution in [3.05, 3.63) is 16.0 Å². The summed E-state index contributed by atoms with van der Waals surface area (Å²) in [4.78, 5) is 20.7. The third-order valence-electron chi connectivity index (χ3n) is 3.33. The fourth-order valence-electron chi connectivity index (χ4n) is 2.07. The van der Waals surface area contributed by atoms with Crippen molar-refractivity contribution in [1.82, 2.24) is 15.2 Å². The molecule has 6 nitrogen and oxygen atoms in total. The normalized spacial score (nSPS) is 11.1. The maximum atomic E-state index is 12.3. The van der Waals surface area contributed by atoms with Gasteiger partial charge in [0.2, 0.25) is 5.13 Å². The topological polar surface area (TPSA) is 71.0 Å². The Morgan fingerprint density at radius 3 is 2.57 bits per heavy atom. The predicted octanol–water partition coefficient (Wildman–Crippen LogP) is 3.87. The summed E-state index contributed by atoms with van der Waals surface area (Å²) < 4.78 is 1.05. The lowest BCUT2D eigenvalue weighted by Gasteiger charge is -2.16. The van der Waals surface area contributed by atoms with Crippen LogP contribution in [0.1, 0.15) is 35.5 Å². The van der Waals surface area contributed by atoms with E-state index in [0.717, 1.165) is 39.2 Å². The Balaban J connectivity index is 1.77. The first-order valence-corrected chi connectivity index (χ1v) is 9.88. The van der Waals surface area contributed by atoms with Crippen molar-refractivity contribution in [2.45, 2.75) is 27.2 Å². The van der Waals surface area contributed by atoms with Crippen LogP contribution in [0.2, 0.25) is 0 Å². The number of amides is 1. The fourth-order valence-corrected chi connectivity index (χ4v) is 4.98. The zero-order valence-corrected chi connectivity index (χ0v) is 15.6. The Morgan fingerprint density at radius 2 is 1.96 bits per heavy atom. The van der Waals surface area contributed by atoms with Crippen LogP contribution in [0.3, 0.4) is 0 Å². The number of anilines is 2.